The van der Waals surface area contributed by atoms with Gasteiger partial charge in [0.1, 0.15) is 6.10 Å². The third-order valence-electron chi connectivity index (χ3n) is 1.42. The summed E-state index contributed by atoms with van der Waals surface area (Å²) in [5.74, 6) is 0.782. The number of amidine groups is 1. The fraction of sp³-hybridized carbons (Fsp3) is 0.571. The molecule has 3 nitrogen and oxygen atoms in total. The van der Waals surface area contributed by atoms with Gasteiger partial charge < -0.3 is 4.74 Å². The molecule has 55 valence electrons. The fourth-order valence-corrected chi connectivity index (χ4v) is 0.874. The number of nitrogens with zero attached hydrogens (tertiary/aromatic N) is 2. The molecule has 3 heteroatoms. The van der Waals surface area contributed by atoms with E-state index in [4.69, 9.17) is 4.74 Å². The monoisotopic (exact) mass is 139 g/mol. The van der Waals surface area contributed by atoms with Crippen LogP contribution in [0.1, 0.15) is 13.3 Å². The van der Waals surface area contributed by atoms with E-state index in [2.05, 4.69) is 10.3 Å². The average molecular weight is 139 g/mol. The molecule has 1 atom stereocenters. The van der Waals surface area contributed by atoms with Gasteiger partial charge in [0.25, 0.3) is 0 Å². The Bertz CT molecular complexity index is 159. The number of ether oxygens (including phenoxy) is 1. The first-order valence-electron chi connectivity index (χ1n) is 3.34. The molecule has 1 aliphatic rings. The summed E-state index contributed by atoms with van der Waals surface area (Å²) in [5.41, 5.74) is 0. The molecule has 1 radical (unpaired) electrons. The van der Waals surface area contributed by atoms with Crippen molar-refractivity contribution < 1.29 is 4.74 Å². The standard InChI is InChI=1S/C7H11N2O/c1-3-6(10-2)7-8-4-5-9-7/h4-6H,3H2,1-2H3. The fourth-order valence-electron chi connectivity index (χ4n) is 0.874. The van der Waals surface area contributed by atoms with Crippen molar-refractivity contribution in [1.82, 2.24) is 5.32 Å². The highest BCUT2D eigenvalue weighted by molar-refractivity contribution is 5.89. The van der Waals surface area contributed by atoms with Crippen LogP contribution in [0.25, 0.3) is 0 Å². The second kappa shape index (κ2) is 3.37. The quantitative estimate of drug-likeness (QED) is 0.572. The minimum absolute atomic E-state index is 0.0648. The largest absolute Gasteiger partial charge is 0.373 e. The number of hydrogen-bond acceptors (Lipinski definition) is 2. The van der Waals surface area contributed by atoms with E-state index in [0.29, 0.717) is 0 Å². The first-order valence-corrected chi connectivity index (χ1v) is 3.34. The van der Waals surface area contributed by atoms with Gasteiger partial charge in [0.2, 0.25) is 0 Å². The Hall–Kier alpha value is -0.830. The zero-order valence-electron chi connectivity index (χ0n) is 6.24. The summed E-state index contributed by atoms with van der Waals surface area (Å²) in [6.07, 6.45) is 4.34. The Morgan fingerprint density at radius 2 is 2.40 bits per heavy atom. The van der Waals surface area contributed by atoms with Gasteiger partial charge in [-0.05, 0) is 6.42 Å². The van der Waals surface area contributed by atoms with E-state index in [1.807, 2.05) is 6.92 Å². The number of rotatable bonds is 3. The van der Waals surface area contributed by atoms with Gasteiger partial charge in [0.05, 0.1) is 0 Å². The highest BCUT2D eigenvalue weighted by atomic mass is 16.5. The predicted molar refractivity (Wildman–Crippen MR) is 39.8 cm³/mol. The third-order valence-corrected chi connectivity index (χ3v) is 1.42. The molecule has 1 aliphatic heterocycles. The topological polar surface area (TPSA) is 35.7 Å². The van der Waals surface area contributed by atoms with Gasteiger partial charge in [-0.15, -0.1) is 0 Å². The Kier molecular flexibility index (Phi) is 2.45. The minimum atomic E-state index is 0.0648. The number of hydrogen-bond donors (Lipinski definition) is 0. The maximum absolute atomic E-state index is 5.12. The molecular formula is C7H11N2O. The summed E-state index contributed by atoms with van der Waals surface area (Å²) in [5, 5.41) is 4.02. The third kappa shape index (κ3) is 1.36. The molecule has 0 aromatic carbocycles. The molecule has 1 heterocycles. The maximum atomic E-state index is 5.12. The van der Waals surface area contributed by atoms with Gasteiger partial charge in [0, 0.05) is 19.5 Å². The lowest BCUT2D eigenvalue weighted by atomic mass is 10.2. The lowest BCUT2D eigenvalue weighted by Crippen LogP contribution is -2.26. The molecule has 0 aromatic heterocycles. The van der Waals surface area contributed by atoms with Crippen molar-refractivity contribution in [2.75, 3.05) is 7.11 Å². The summed E-state index contributed by atoms with van der Waals surface area (Å²) in [7, 11) is 1.67. The second-order valence-electron chi connectivity index (χ2n) is 2.05. The zero-order chi connectivity index (χ0) is 7.40. The van der Waals surface area contributed by atoms with E-state index in [-0.39, 0.29) is 6.10 Å². The van der Waals surface area contributed by atoms with Gasteiger partial charge >= 0.3 is 0 Å². The average Bonchev–Trinajstić information content (AvgIpc) is 2.43. The van der Waals surface area contributed by atoms with E-state index in [9.17, 15) is 0 Å². The molecule has 0 fully saturated rings. The predicted octanol–water partition coefficient (Wildman–Crippen LogP) is 0.899. The van der Waals surface area contributed by atoms with E-state index in [1.165, 1.54) is 0 Å². The summed E-state index contributed by atoms with van der Waals surface area (Å²) in [6, 6.07) is 0. The molecule has 0 saturated carbocycles. The summed E-state index contributed by atoms with van der Waals surface area (Å²) in [4.78, 5) is 4.02. The van der Waals surface area contributed by atoms with Crippen LogP contribution < -0.4 is 5.32 Å². The van der Waals surface area contributed by atoms with Crippen LogP contribution in [0.2, 0.25) is 0 Å². The molecule has 10 heavy (non-hydrogen) atoms. The first-order chi connectivity index (χ1) is 4.88. The molecule has 0 aromatic rings. The van der Waals surface area contributed by atoms with Crippen molar-refractivity contribution in [2.24, 2.45) is 4.99 Å². The molecule has 0 amide bonds. The van der Waals surface area contributed by atoms with Crippen LogP contribution in [0.4, 0.5) is 0 Å². The lowest BCUT2D eigenvalue weighted by Gasteiger charge is -2.10. The summed E-state index contributed by atoms with van der Waals surface area (Å²) in [6.45, 7) is 2.05. The normalized spacial score (nSPS) is 18.4. The molecule has 0 bridgehead atoms. The Morgan fingerprint density at radius 1 is 1.60 bits per heavy atom. The van der Waals surface area contributed by atoms with E-state index >= 15 is 0 Å². The second-order valence-corrected chi connectivity index (χ2v) is 2.05. The van der Waals surface area contributed by atoms with Crippen LogP contribution in [0.3, 0.4) is 0 Å². The van der Waals surface area contributed by atoms with Crippen LogP contribution in [-0.2, 0) is 4.74 Å². The number of methoxy groups -OCH3 is 1. The van der Waals surface area contributed by atoms with Crippen molar-refractivity contribution in [3.8, 4) is 0 Å². The maximum Gasteiger partial charge on any atom is 0.157 e. The van der Waals surface area contributed by atoms with Gasteiger partial charge in [-0.2, -0.15) is 0 Å². The van der Waals surface area contributed by atoms with E-state index in [0.717, 1.165) is 12.3 Å². The Labute approximate surface area is 60.8 Å². The van der Waals surface area contributed by atoms with Crippen molar-refractivity contribution >= 4 is 5.84 Å². The van der Waals surface area contributed by atoms with Gasteiger partial charge in [-0.1, -0.05) is 6.92 Å². The minimum Gasteiger partial charge on any atom is -0.373 e. The molecule has 1 unspecified atom stereocenters. The van der Waals surface area contributed by atoms with Crippen molar-refractivity contribution in [3.05, 3.63) is 12.4 Å². The van der Waals surface area contributed by atoms with Gasteiger partial charge in [-0.3, -0.25) is 0 Å². The lowest BCUT2D eigenvalue weighted by molar-refractivity contribution is 0.150. The SMILES string of the molecule is CCC(OC)C1=NC=C[N]1. The molecule has 0 aliphatic carbocycles. The molecule has 1 rings (SSSR count). The molecule has 0 spiro atoms. The van der Waals surface area contributed by atoms with Crippen LogP contribution in [0.15, 0.2) is 17.4 Å². The van der Waals surface area contributed by atoms with Gasteiger partial charge in [0.15, 0.2) is 5.84 Å². The smallest absolute Gasteiger partial charge is 0.157 e. The molecule has 0 N–H and O–H groups in total. The van der Waals surface area contributed by atoms with Crippen LogP contribution in [0, 0.1) is 0 Å². The van der Waals surface area contributed by atoms with E-state index < -0.39 is 0 Å². The van der Waals surface area contributed by atoms with Gasteiger partial charge in [-0.25, -0.2) is 10.3 Å². The molecular weight excluding hydrogens is 128 g/mol. The Morgan fingerprint density at radius 3 is 2.80 bits per heavy atom. The van der Waals surface area contributed by atoms with Crippen LogP contribution in [-0.4, -0.2) is 19.0 Å². The zero-order valence-corrected chi connectivity index (χ0v) is 6.24. The van der Waals surface area contributed by atoms with Crippen LogP contribution in [0.5, 0.6) is 0 Å². The van der Waals surface area contributed by atoms with Crippen molar-refractivity contribution in [2.45, 2.75) is 19.4 Å². The van der Waals surface area contributed by atoms with Crippen molar-refractivity contribution in [3.63, 3.8) is 0 Å². The highest BCUT2D eigenvalue weighted by Gasteiger charge is 2.14. The highest BCUT2D eigenvalue weighted by Crippen LogP contribution is 2.02. The Balaban J connectivity index is 2.47. The first kappa shape index (κ1) is 7.28. The van der Waals surface area contributed by atoms with E-state index in [1.54, 1.807) is 19.5 Å². The van der Waals surface area contributed by atoms with Crippen LogP contribution >= 0.6 is 0 Å². The number of aliphatic imine (C=N–C) groups is 1. The van der Waals surface area contributed by atoms with Crippen molar-refractivity contribution in [1.29, 1.82) is 0 Å². The summed E-state index contributed by atoms with van der Waals surface area (Å²) >= 11 is 0. The molecule has 0 saturated heterocycles. The summed E-state index contributed by atoms with van der Waals surface area (Å²) < 4.78 is 5.12.